The largest absolute Gasteiger partial charge is 0.416 e. The highest BCUT2D eigenvalue weighted by molar-refractivity contribution is 7.20. The maximum Gasteiger partial charge on any atom is 0.416 e. The molecule has 0 spiro atoms. The normalized spacial score (nSPS) is 13.9. The molecule has 2 aliphatic rings. The summed E-state index contributed by atoms with van der Waals surface area (Å²) in [6, 6.07) is 20.4. The van der Waals surface area contributed by atoms with Gasteiger partial charge in [-0.2, -0.15) is 13.2 Å². The molecule has 8 rings (SSSR count). The van der Waals surface area contributed by atoms with Crippen molar-refractivity contribution in [2.75, 3.05) is 6.54 Å². The summed E-state index contributed by atoms with van der Waals surface area (Å²) in [5.41, 5.74) is 6.94. The summed E-state index contributed by atoms with van der Waals surface area (Å²) in [6.45, 7) is 6.27. The molecule has 0 unspecified atom stereocenters. The number of thiophene rings is 1. The average Bonchev–Trinajstić information content (AvgIpc) is 3.54. The minimum Gasteiger partial charge on any atom is -0.274 e. The smallest absolute Gasteiger partial charge is 0.274 e. The van der Waals surface area contributed by atoms with E-state index in [2.05, 4.69) is 0 Å². The third-order valence-electron chi connectivity index (χ3n) is 8.49. The van der Waals surface area contributed by atoms with E-state index < -0.39 is 11.7 Å². The molecule has 0 fully saturated rings. The molecule has 45 heavy (non-hydrogen) atoms. The lowest BCUT2D eigenvalue weighted by molar-refractivity contribution is -0.137. The van der Waals surface area contributed by atoms with Gasteiger partial charge in [0.2, 0.25) is 0 Å². The van der Waals surface area contributed by atoms with Gasteiger partial charge in [0.1, 0.15) is 11.0 Å². The van der Waals surface area contributed by atoms with Crippen molar-refractivity contribution in [1.29, 1.82) is 0 Å². The average molecular weight is 620 g/mol. The fourth-order valence-corrected chi connectivity index (χ4v) is 7.58. The second kappa shape index (κ2) is 9.55. The summed E-state index contributed by atoms with van der Waals surface area (Å²) in [6.07, 6.45) is -4.44. The van der Waals surface area contributed by atoms with Crippen LogP contribution in [0.15, 0.2) is 72.8 Å². The van der Waals surface area contributed by atoms with E-state index in [1.165, 1.54) is 28.4 Å². The SMILES string of the molecule is Cc1ccc(-c2sc(-c3ccc(C(F)(F)F)cc3)c3nc4c(nc23)-c2ccc3c5c(ccc-4c25)C(=O)N(CC(C)C)C3=O)cc1. The molecule has 0 N–H and O–H groups in total. The lowest BCUT2D eigenvalue weighted by Crippen LogP contribution is -2.42. The molecule has 4 aromatic carbocycles. The van der Waals surface area contributed by atoms with E-state index in [0.717, 1.165) is 44.6 Å². The number of fused-ring (bicyclic) bond motifs is 4. The molecule has 5 nitrogen and oxygen atoms in total. The van der Waals surface area contributed by atoms with E-state index in [0.29, 0.717) is 55.9 Å². The van der Waals surface area contributed by atoms with Gasteiger partial charge in [0.25, 0.3) is 11.8 Å². The fourth-order valence-electron chi connectivity index (χ4n) is 6.39. The number of amides is 2. The molecule has 0 radical (unpaired) electrons. The number of hydrogen-bond donors (Lipinski definition) is 0. The molecule has 1 aliphatic carbocycles. The van der Waals surface area contributed by atoms with Gasteiger partial charge >= 0.3 is 6.18 Å². The Morgan fingerprint density at radius 2 is 1.13 bits per heavy atom. The molecular weight excluding hydrogens is 595 g/mol. The van der Waals surface area contributed by atoms with Crippen LogP contribution in [0.5, 0.6) is 0 Å². The third-order valence-corrected chi connectivity index (χ3v) is 9.75. The minimum atomic E-state index is -4.44. The van der Waals surface area contributed by atoms with Crippen LogP contribution in [0.1, 0.15) is 45.7 Å². The maximum absolute atomic E-state index is 13.5. The molecule has 2 aromatic heterocycles. The van der Waals surface area contributed by atoms with Crippen LogP contribution in [-0.4, -0.2) is 33.2 Å². The van der Waals surface area contributed by atoms with Crippen molar-refractivity contribution in [3.63, 3.8) is 0 Å². The van der Waals surface area contributed by atoms with Gasteiger partial charge in [-0.05, 0) is 48.2 Å². The highest BCUT2D eigenvalue weighted by Gasteiger charge is 2.38. The molecule has 3 heterocycles. The van der Waals surface area contributed by atoms with Gasteiger partial charge in [0, 0.05) is 39.6 Å². The van der Waals surface area contributed by atoms with Gasteiger partial charge in [0.05, 0.1) is 26.7 Å². The van der Waals surface area contributed by atoms with Crippen molar-refractivity contribution >= 4 is 45.0 Å². The first kappa shape index (κ1) is 27.6. The van der Waals surface area contributed by atoms with Crippen molar-refractivity contribution in [2.45, 2.75) is 26.9 Å². The summed E-state index contributed by atoms with van der Waals surface area (Å²) in [5.74, 6) is -0.502. The summed E-state index contributed by atoms with van der Waals surface area (Å²) >= 11 is 1.45. The van der Waals surface area contributed by atoms with Gasteiger partial charge in [-0.25, -0.2) is 9.97 Å². The zero-order valence-electron chi connectivity index (χ0n) is 24.4. The zero-order valence-corrected chi connectivity index (χ0v) is 25.2. The van der Waals surface area contributed by atoms with Crippen LogP contribution < -0.4 is 0 Å². The maximum atomic E-state index is 13.5. The number of imide groups is 1. The molecule has 0 saturated heterocycles. The second-order valence-corrected chi connectivity index (χ2v) is 13.0. The predicted octanol–water partition coefficient (Wildman–Crippen LogP) is 9.41. The summed E-state index contributed by atoms with van der Waals surface area (Å²) in [5, 5.41) is 1.39. The number of carbonyl (C=O) groups excluding carboxylic acids is 2. The van der Waals surface area contributed by atoms with Crippen LogP contribution in [0.25, 0.3) is 65.2 Å². The first-order valence-electron chi connectivity index (χ1n) is 14.6. The Morgan fingerprint density at radius 1 is 0.689 bits per heavy atom. The molecule has 1 aliphatic heterocycles. The van der Waals surface area contributed by atoms with E-state index in [1.807, 2.05) is 57.2 Å². The van der Waals surface area contributed by atoms with E-state index in [9.17, 15) is 22.8 Å². The van der Waals surface area contributed by atoms with Crippen LogP contribution >= 0.6 is 11.3 Å². The molecule has 0 saturated carbocycles. The number of carbonyl (C=O) groups is 2. The molecule has 0 atom stereocenters. The molecule has 6 aromatic rings. The Bertz CT molecular complexity index is 2230. The van der Waals surface area contributed by atoms with Crippen LogP contribution in [0.4, 0.5) is 13.2 Å². The molecule has 9 heteroatoms. The lowest BCUT2D eigenvalue weighted by Gasteiger charge is -2.28. The number of alkyl halides is 3. The lowest BCUT2D eigenvalue weighted by atomic mass is 9.90. The Hall–Kier alpha value is -4.89. The van der Waals surface area contributed by atoms with Crippen LogP contribution in [0, 0.1) is 12.8 Å². The number of hydrogen-bond acceptors (Lipinski definition) is 5. The number of benzene rings is 4. The summed E-state index contributed by atoms with van der Waals surface area (Å²) in [4.78, 5) is 40.3. The van der Waals surface area contributed by atoms with Crippen LogP contribution in [0.2, 0.25) is 0 Å². The van der Waals surface area contributed by atoms with Gasteiger partial charge in [0.15, 0.2) is 0 Å². The van der Waals surface area contributed by atoms with E-state index in [4.69, 9.17) is 9.97 Å². The summed E-state index contributed by atoms with van der Waals surface area (Å²) in [7, 11) is 0. The highest BCUT2D eigenvalue weighted by atomic mass is 32.1. The minimum absolute atomic E-state index is 0.121. The Morgan fingerprint density at radius 3 is 1.60 bits per heavy atom. The van der Waals surface area contributed by atoms with Gasteiger partial charge in [-0.1, -0.05) is 67.9 Å². The van der Waals surface area contributed by atoms with Crippen molar-refractivity contribution in [3.05, 3.63) is 95.1 Å². The quantitative estimate of drug-likeness (QED) is 0.184. The van der Waals surface area contributed by atoms with Crippen molar-refractivity contribution in [1.82, 2.24) is 14.9 Å². The monoisotopic (exact) mass is 619 g/mol. The Labute approximate surface area is 260 Å². The van der Waals surface area contributed by atoms with E-state index in [-0.39, 0.29) is 17.7 Å². The van der Waals surface area contributed by atoms with Gasteiger partial charge in [-0.3, -0.25) is 14.5 Å². The van der Waals surface area contributed by atoms with Crippen LogP contribution in [0.3, 0.4) is 0 Å². The van der Waals surface area contributed by atoms with Gasteiger partial charge in [-0.15, -0.1) is 11.3 Å². The van der Waals surface area contributed by atoms with Crippen LogP contribution in [-0.2, 0) is 6.18 Å². The number of rotatable bonds is 4. The topological polar surface area (TPSA) is 63.2 Å². The number of aryl methyl sites for hydroxylation is 1. The van der Waals surface area contributed by atoms with Gasteiger partial charge < -0.3 is 0 Å². The first-order valence-corrected chi connectivity index (χ1v) is 15.4. The standard InChI is InChI=1S/C36H24F3N3O2S/c1-17(2)16-42-34(43)24-14-12-22-26-23(13-15-25(27(24)26)35(42)44)29-28(22)40-30-31(41-29)33(20-8-10-21(11-9-20)36(37,38)39)45-32(30)19-6-4-18(3)5-7-19/h4-15,17H,16H2,1-3H3. The Kier molecular flexibility index (Phi) is 5.87. The Balaban J connectivity index is 1.37. The third kappa shape index (κ3) is 4.06. The van der Waals surface area contributed by atoms with E-state index >= 15 is 0 Å². The number of aromatic nitrogens is 2. The van der Waals surface area contributed by atoms with Crippen molar-refractivity contribution in [3.8, 4) is 43.4 Å². The summed E-state index contributed by atoms with van der Waals surface area (Å²) < 4.78 is 40.1. The number of halogens is 3. The zero-order chi connectivity index (χ0) is 31.4. The predicted molar refractivity (Wildman–Crippen MR) is 170 cm³/mol. The van der Waals surface area contributed by atoms with Crippen molar-refractivity contribution in [2.24, 2.45) is 5.92 Å². The van der Waals surface area contributed by atoms with E-state index in [1.54, 1.807) is 12.1 Å². The second-order valence-electron chi connectivity index (χ2n) is 12.0. The fraction of sp³-hybridized carbons (Fsp3) is 0.167. The molecule has 2 amide bonds. The highest BCUT2D eigenvalue weighted by Crippen LogP contribution is 2.51. The first-order chi connectivity index (χ1) is 21.5. The molecule has 222 valence electrons. The number of nitrogens with zero attached hydrogens (tertiary/aromatic N) is 3. The molecule has 0 bridgehead atoms. The molecular formula is C36H24F3N3O2S. The van der Waals surface area contributed by atoms with Crippen molar-refractivity contribution < 1.29 is 22.8 Å².